The number of thiocarbonyl (C=S) groups is 1. The van der Waals surface area contributed by atoms with Crippen molar-refractivity contribution in [3.05, 3.63) is 29.6 Å². The number of hydrogen-bond donors (Lipinski definition) is 0. The minimum absolute atomic E-state index is 0.269. The van der Waals surface area contributed by atoms with Gasteiger partial charge in [0.1, 0.15) is 0 Å². The fourth-order valence-electron chi connectivity index (χ4n) is 1.74. The molecule has 0 amide bonds. The van der Waals surface area contributed by atoms with Gasteiger partial charge in [0.25, 0.3) is 0 Å². The van der Waals surface area contributed by atoms with E-state index in [1.165, 1.54) is 0 Å². The zero-order chi connectivity index (χ0) is 16.0. The molecule has 0 atom stereocenters. The molecular formula is C11H6F6N2OS. The summed E-state index contributed by atoms with van der Waals surface area (Å²) in [7, 11) is 1.05. The van der Waals surface area contributed by atoms with Crippen molar-refractivity contribution in [2.24, 2.45) is 0 Å². The summed E-state index contributed by atoms with van der Waals surface area (Å²) in [6, 6.07) is 1.87. The van der Waals surface area contributed by atoms with Gasteiger partial charge in [0.2, 0.25) is 5.05 Å². The van der Waals surface area contributed by atoms with Gasteiger partial charge in [0.05, 0.1) is 23.7 Å². The van der Waals surface area contributed by atoms with Crippen LogP contribution in [0.25, 0.3) is 11.0 Å². The molecule has 0 aliphatic rings. The molecule has 114 valence electrons. The number of rotatable bonds is 1. The van der Waals surface area contributed by atoms with Gasteiger partial charge in [-0.15, -0.1) is 13.2 Å². The topological polar surface area (TPSA) is 27.1 Å². The Morgan fingerprint density at radius 2 is 1.81 bits per heavy atom. The zero-order valence-corrected chi connectivity index (χ0v) is 11.0. The van der Waals surface area contributed by atoms with Crippen LogP contribution >= 0.6 is 12.2 Å². The standard InChI is InChI=1S/C11H6F6N2OS/c1-20-9(21)8-18-6-3-2-5(10(12,13)14)4-7(6)19(8)11(15,16)17/h2-4H,1H3. The third-order valence-corrected chi connectivity index (χ3v) is 2.95. The van der Waals surface area contributed by atoms with Crippen LogP contribution in [0.15, 0.2) is 18.2 Å². The monoisotopic (exact) mass is 328 g/mol. The lowest BCUT2D eigenvalue weighted by Crippen LogP contribution is -2.22. The summed E-state index contributed by atoms with van der Waals surface area (Å²) in [5.41, 5.74) is -2.23. The second kappa shape index (κ2) is 4.86. The van der Waals surface area contributed by atoms with Gasteiger partial charge in [-0.2, -0.15) is 13.2 Å². The molecule has 0 fully saturated rings. The van der Waals surface area contributed by atoms with Crippen LogP contribution < -0.4 is 0 Å². The summed E-state index contributed by atoms with van der Waals surface area (Å²) in [6.07, 6.45) is -9.76. The number of hydrogen-bond acceptors (Lipinski definition) is 3. The second-order valence-corrected chi connectivity index (χ2v) is 4.30. The summed E-state index contributed by atoms with van der Waals surface area (Å²) in [4.78, 5) is 3.58. The maximum Gasteiger partial charge on any atom is 0.490 e. The van der Waals surface area contributed by atoms with Crippen LogP contribution in [0.2, 0.25) is 0 Å². The Labute approximate surface area is 119 Å². The molecule has 0 bridgehead atoms. The predicted molar refractivity (Wildman–Crippen MR) is 64.7 cm³/mol. The number of aromatic nitrogens is 2. The number of alkyl halides is 6. The van der Waals surface area contributed by atoms with Crippen molar-refractivity contribution < 1.29 is 31.1 Å². The average molecular weight is 328 g/mol. The molecule has 21 heavy (non-hydrogen) atoms. The maximum atomic E-state index is 13.1. The average Bonchev–Trinajstić information content (AvgIpc) is 2.74. The highest BCUT2D eigenvalue weighted by atomic mass is 32.1. The van der Waals surface area contributed by atoms with E-state index in [4.69, 9.17) is 0 Å². The van der Waals surface area contributed by atoms with Crippen molar-refractivity contribution in [1.29, 1.82) is 0 Å². The van der Waals surface area contributed by atoms with E-state index >= 15 is 0 Å². The number of halogens is 6. The first-order valence-corrected chi connectivity index (χ1v) is 5.71. The highest BCUT2D eigenvalue weighted by Crippen LogP contribution is 2.35. The molecule has 2 aromatic rings. The van der Waals surface area contributed by atoms with Gasteiger partial charge in [-0.1, -0.05) is 0 Å². The number of nitrogens with zero attached hydrogens (tertiary/aromatic N) is 2. The van der Waals surface area contributed by atoms with Crippen LogP contribution in [0.4, 0.5) is 26.3 Å². The zero-order valence-electron chi connectivity index (χ0n) is 10.2. The molecule has 0 aliphatic heterocycles. The molecule has 1 aromatic heterocycles. The summed E-state index contributed by atoms with van der Waals surface area (Å²) in [6.45, 7) is 0. The minimum Gasteiger partial charge on any atom is -0.484 e. The molecule has 0 aliphatic carbocycles. The van der Waals surface area contributed by atoms with Gasteiger partial charge in [0.15, 0.2) is 5.82 Å². The normalized spacial score (nSPS) is 12.7. The van der Waals surface area contributed by atoms with Crippen molar-refractivity contribution in [1.82, 2.24) is 9.55 Å². The summed E-state index contributed by atoms with van der Waals surface area (Å²) in [5, 5.41) is -0.572. The molecule has 0 unspecified atom stereocenters. The first kappa shape index (κ1) is 15.5. The van der Waals surface area contributed by atoms with E-state index in [0.717, 1.165) is 13.2 Å². The smallest absolute Gasteiger partial charge is 0.484 e. The molecule has 1 aromatic carbocycles. The van der Waals surface area contributed by atoms with Crippen LogP contribution in [0, 0.1) is 0 Å². The fraction of sp³-hybridized carbons (Fsp3) is 0.273. The van der Waals surface area contributed by atoms with Crippen molar-refractivity contribution in [3.8, 4) is 0 Å². The molecule has 10 heteroatoms. The van der Waals surface area contributed by atoms with E-state index in [0.29, 0.717) is 12.1 Å². The van der Waals surface area contributed by atoms with Crippen LogP contribution in [0.1, 0.15) is 11.4 Å². The SMILES string of the molecule is COC(=S)c1nc2ccc(C(F)(F)F)cc2n1C(F)(F)F. The van der Waals surface area contributed by atoms with Gasteiger partial charge in [-0.05, 0) is 30.4 Å². The molecule has 0 saturated heterocycles. The maximum absolute atomic E-state index is 13.1. The number of ether oxygens (including phenoxy) is 1. The molecule has 0 radical (unpaired) electrons. The third-order valence-electron chi connectivity index (χ3n) is 2.60. The van der Waals surface area contributed by atoms with Gasteiger partial charge in [-0.25, -0.2) is 9.55 Å². The Morgan fingerprint density at radius 1 is 1.19 bits per heavy atom. The van der Waals surface area contributed by atoms with Gasteiger partial charge >= 0.3 is 12.5 Å². The molecular weight excluding hydrogens is 322 g/mol. The number of benzene rings is 1. The predicted octanol–water partition coefficient (Wildman–Crippen LogP) is 3.85. The summed E-state index contributed by atoms with van der Waals surface area (Å²) >= 11 is 4.60. The minimum atomic E-state index is -4.99. The number of fused-ring (bicyclic) bond motifs is 1. The fourth-order valence-corrected chi connectivity index (χ4v) is 1.87. The Bertz CT molecular complexity index is 703. The lowest BCUT2D eigenvalue weighted by atomic mass is 10.2. The lowest BCUT2D eigenvalue weighted by molar-refractivity contribution is -0.201. The van der Waals surface area contributed by atoms with E-state index in [9.17, 15) is 26.3 Å². The van der Waals surface area contributed by atoms with Crippen LogP contribution in [-0.2, 0) is 17.2 Å². The number of imidazole rings is 1. The third kappa shape index (κ3) is 2.80. The Hall–Kier alpha value is -1.84. The molecule has 2 rings (SSSR count). The first-order chi connectivity index (χ1) is 9.55. The second-order valence-electron chi connectivity index (χ2n) is 3.93. The van der Waals surface area contributed by atoms with E-state index in [-0.39, 0.29) is 10.1 Å². The lowest BCUT2D eigenvalue weighted by Gasteiger charge is -2.13. The van der Waals surface area contributed by atoms with E-state index in [1.54, 1.807) is 0 Å². The molecule has 0 saturated carbocycles. The van der Waals surface area contributed by atoms with Crippen LogP contribution in [0.5, 0.6) is 0 Å². The molecule has 1 heterocycles. The van der Waals surface area contributed by atoms with Crippen molar-refractivity contribution in [2.75, 3.05) is 7.11 Å². The van der Waals surface area contributed by atoms with E-state index in [1.807, 2.05) is 0 Å². The highest BCUT2D eigenvalue weighted by Gasteiger charge is 2.38. The van der Waals surface area contributed by atoms with Gasteiger partial charge in [0, 0.05) is 0 Å². The van der Waals surface area contributed by atoms with Crippen LogP contribution in [-0.4, -0.2) is 21.7 Å². The molecule has 0 N–H and O–H groups in total. The van der Waals surface area contributed by atoms with Gasteiger partial charge in [-0.3, -0.25) is 0 Å². The van der Waals surface area contributed by atoms with Crippen molar-refractivity contribution >= 4 is 28.3 Å². The summed E-state index contributed by atoms with van der Waals surface area (Å²) in [5.74, 6) is -0.769. The largest absolute Gasteiger partial charge is 0.490 e. The first-order valence-electron chi connectivity index (χ1n) is 5.31. The van der Waals surface area contributed by atoms with E-state index in [2.05, 4.69) is 21.9 Å². The molecule has 0 spiro atoms. The van der Waals surface area contributed by atoms with E-state index < -0.39 is 34.4 Å². The van der Waals surface area contributed by atoms with Crippen LogP contribution in [0.3, 0.4) is 0 Å². The number of methoxy groups -OCH3 is 1. The Kier molecular flexibility index (Phi) is 3.60. The van der Waals surface area contributed by atoms with Crippen molar-refractivity contribution in [3.63, 3.8) is 0 Å². The Morgan fingerprint density at radius 3 is 2.29 bits per heavy atom. The summed E-state index contributed by atoms with van der Waals surface area (Å²) < 4.78 is 81.2. The van der Waals surface area contributed by atoms with Crippen molar-refractivity contribution in [2.45, 2.75) is 12.5 Å². The Balaban J connectivity index is 2.81. The molecule has 3 nitrogen and oxygen atoms in total. The highest BCUT2D eigenvalue weighted by molar-refractivity contribution is 7.80. The quantitative estimate of drug-likeness (QED) is 0.588. The van der Waals surface area contributed by atoms with Gasteiger partial charge < -0.3 is 4.74 Å².